The third-order valence-electron chi connectivity index (χ3n) is 5.06. The summed E-state index contributed by atoms with van der Waals surface area (Å²) in [5.74, 6) is 0.301. The number of fused-ring (bicyclic) bond motifs is 3. The first-order valence-electron chi connectivity index (χ1n) is 8.49. The third-order valence-corrected chi connectivity index (χ3v) is 5.06. The molecular weight excluding hydrogens is 298 g/mol. The van der Waals surface area contributed by atoms with E-state index in [0.717, 1.165) is 18.7 Å². The lowest BCUT2D eigenvalue weighted by atomic mass is 9.89. The van der Waals surface area contributed by atoms with Gasteiger partial charge < -0.3 is 15.0 Å². The Balaban J connectivity index is 1.69. The normalized spacial score (nSPS) is 19.4. The summed E-state index contributed by atoms with van der Waals surface area (Å²) in [6.07, 6.45) is 3.73. The van der Waals surface area contributed by atoms with Crippen LogP contribution < -0.4 is 0 Å². The van der Waals surface area contributed by atoms with E-state index in [4.69, 9.17) is 0 Å². The zero-order chi connectivity index (χ0) is 16.7. The number of aliphatic hydroxyl groups excluding tert-OH is 1. The van der Waals surface area contributed by atoms with Crippen molar-refractivity contribution >= 4 is 10.9 Å². The molecule has 2 atom stereocenters. The number of hydrogen-bond donors (Lipinski definition) is 2. The molecule has 1 aliphatic rings. The molecule has 0 amide bonds. The minimum absolute atomic E-state index is 0.301. The van der Waals surface area contributed by atoms with Gasteiger partial charge in [0.2, 0.25) is 0 Å². The van der Waals surface area contributed by atoms with Crippen molar-refractivity contribution in [2.24, 2.45) is 0 Å². The highest BCUT2D eigenvalue weighted by atomic mass is 16.3. The first kappa shape index (κ1) is 15.4. The molecule has 0 spiro atoms. The van der Waals surface area contributed by atoms with Crippen molar-refractivity contribution in [1.29, 1.82) is 0 Å². The molecule has 2 N–H and O–H groups in total. The van der Waals surface area contributed by atoms with E-state index in [1.807, 2.05) is 12.1 Å². The van der Waals surface area contributed by atoms with Gasteiger partial charge in [0, 0.05) is 48.0 Å². The average Bonchev–Trinajstić information content (AvgIpc) is 2.94. The lowest BCUT2D eigenvalue weighted by Crippen LogP contribution is -2.31. The van der Waals surface area contributed by atoms with E-state index in [1.54, 1.807) is 12.4 Å². The molecule has 0 bridgehead atoms. The third kappa shape index (κ3) is 2.72. The Bertz CT molecular complexity index is 856. The van der Waals surface area contributed by atoms with Gasteiger partial charge in [-0.3, -0.25) is 4.98 Å². The summed E-state index contributed by atoms with van der Waals surface area (Å²) in [6, 6.07) is 10.4. The van der Waals surface area contributed by atoms with Crippen LogP contribution >= 0.6 is 0 Å². The lowest BCUT2D eigenvalue weighted by molar-refractivity contribution is 0.142. The second-order valence-electron chi connectivity index (χ2n) is 6.99. The molecule has 0 saturated heterocycles. The number of rotatable bonds is 3. The Morgan fingerprint density at radius 2 is 2.08 bits per heavy atom. The lowest BCUT2D eigenvalue weighted by Gasteiger charge is -2.31. The molecule has 0 fully saturated rings. The van der Waals surface area contributed by atoms with Crippen LogP contribution in [-0.2, 0) is 6.54 Å². The maximum atomic E-state index is 10.6. The molecule has 4 rings (SSSR count). The van der Waals surface area contributed by atoms with E-state index in [1.165, 1.54) is 27.7 Å². The molecule has 3 aromatic rings. The fourth-order valence-electron chi connectivity index (χ4n) is 3.89. The van der Waals surface area contributed by atoms with Gasteiger partial charge in [0.15, 0.2) is 0 Å². The van der Waals surface area contributed by atoms with Crippen LogP contribution in [0.3, 0.4) is 0 Å². The first-order chi connectivity index (χ1) is 11.6. The molecule has 1 aromatic carbocycles. The SMILES string of the molecule is Cc1ccc2[nH]c3c(c2c1)CN(C)CC3CC(O)c1ccncc1. The monoisotopic (exact) mass is 321 g/mol. The predicted molar refractivity (Wildman–Crippen MR) is 95.9 cm³/mol. The summed E-state index contributed by atoms with van der Waals surface area (Å²) in [7, 11) is 2.16. The number of aromatic amines is 1. The fraction of sp³-hybridized carbons (Fsp3) is 0.350. The number of hydrogen-bond acceptors (Lipinski definition) is 3. The molecule has 0 aliphatic carbocycles. The second kappa shape index (κ2) is 6.04. The number of likely N-dealkylation sites (N-methyl/N-ethyl adjacent to an activating group) is 1. The molecule has 0 saturated carbocycles. The van der Waals surface area contributed by atoms with E-state index in [0.29, 0.717) is 12.3 Å². The highest BCUT2D eigenvalue weighted by molar-refractivity contribution is 5.85. The maximum Gasteiger partial charge on any atom is 0.0798 e. The topological polar surface area (TPSA) is 52.2 Å². The van der Waals surface area contributed by atoms with Crippen molar-refractivity contribution in [3.8, 4) is 0 Å². The number of aryl methyl sites for hydroxylation is 1. The van der Waals surface area contributed by atoms with Crippen LogP contribution in [0.1, 0.15) is 40.8 Å². The van der Waals surface area contributed by atoms with Crippen LogP contribution in [0, 0.1) is 6.92 Å². The number of nitrogens with zero attached hydrogens (tertiary/aromatic N) is 2. The second-order valence-corrected chi connectivity index (χ2v) is 6.99. The molecule has 4 heteroatoms. The van der Waals surface area contributed by atoms with Crippen LogP contribution in [-0.4, -0.2) is 33.6 Å². The van der Waals surface area contributed by atoms with Crippen LogP contribution in [0.15, 0.2) is 42.7 Å². The van der Waals surface area contributed by atoms with Crippen molar-refractivity contribution in [2.45, 2.75) is 31.9 Å². The summed E-state index contributed by atoms with van der Waals surface area (Å²) in [5.41, 5.74) is 6.10. The van der Waals surface area contributed by atoms with Crippen molar-refractivity contribution in [2.75, 3.05) is 13.6 Å². The Labute approximate surface area is 142 Å². The highest BCUT2D eigenvalue weighted by Crippen LogP contribution is 2.37. The highest BCUT2D eigenvalue weighted by Gasteiger charge is 2.29. The number of pyridine rings is 1. The first-order valence-corrected chi connectivity index (χ1v) is 8.49. The Morgan fingerprint density at radius 3 is 2.88 bits per heavy atom. The van der Waals surface area contributed by atoms with Gasteiger partial charge in [0.25, 0.3) is 0 Å². The standard InChI is InChI=1S/C20H23N3O/c1-13-3-4-18-16(9-13)17-12-23(2)11-15(20(17)22-18)10-19(24)14-5-7-21-8-6-14/h3-9,15,19,22,24H,10-12H2,1-2H3. The Hall–Kier alpha value is -2.17. The molecule has 2 aromatic heterocycles. The van der Waals surface area contributed by atoms with E-state index < -0.39 is 6.10 Å². The molecule has 3 heterocycles. The van der Waals surface area contributed by atoms with Crippen LogP contribution in [0.25, 0.3) is 10.9 Å². The van der Waals surface area contributed by atoms with Gasteiger partial charge in [0.05, 0.1) is 6.10 Å². The summed E-state index contributed by atoms with van der Waals surface area (Å²) >= 11 is 0. The zero-order valence-electron chi connectivity index (χ0n) is 14.2. The van der Waals surface area contributed by atoms with E-state index in [9.17, 15) is 5.11 Å². The maximum absolute atomic E-state index is 10.6. The zero-order valence-corrected chi connectivity index (χ0v) is 14.2. The van der Waals surface area contributed by atoms with Crippen molar-refractivity contribution in [3.63, 3.8) is 0 Å². The predicted octanol–water partition coefficient (Wildman–Crippen LogP) is 3.52. The van der Waals surface area contributed by atoms with E-state index in [-0.39, 0.29) is 0 Å². The number of H-pyrrole nitrogens is 1. The van der Waals surface area contributed by atoms with Crippen LogP contribution in [0.4, 0.5) is 0 Å². The van der Waals surface area contributed by atoms with Crippen LogP contribution in [0.2, 0.25) is 0 Å². The Kier molecular flexibility index (Phi) is 3.87. The molecule has 2 unspecified atom stereocenters. The van der Waals surface area contributed by atoms with Gasteiger partial charge in [-0.25, -0.2) is 0 Å². The molecular formula is C20H23N3O. The minimum atomic E-state index is -0.467. The van der Waals surface area contributed by atoms with Gasteiger partial charge in [-0.05, 0) is 55.8 Å². The molecule has 24 heavy (non-hydrogen) atoms. The van der Waals surface area contributed by atoms with E-state index >= 15 is 0 Å². The molecule has 124 valence electrons. The van der Waals surface area contributed by atoms with Crippen molar-refractivity contribution < 1.29 is 5.11 Å². The summed E-state index contributed by atoms with van der Waals surface area (Å²) < 4.78 is 0. The summed E-state index contributed by atoms with van der Waals surface area (Å²) in [6.45, 7) is 4.05. The summed E-state index contributed by atoms with van der Waals surface area (Å²) in [4.78, 5) is 10.0. The van der Waals surface area contributed by atoms with E-state index in [2.05, 4.69) is 47.0 Å². The Morgan fingerprint density at radius 1 is 1.29 bits per heavy atom. The largest absolute Gasteiger partial charge is 0.388 e. The number of benzene rings is 1. The molecule has 0 radical (unpaired) electrons. The van der Waals surface area contributed by atoms with Gasteiger partial charge in [-0.15, -0.1) is 0 Å². The average molecular weight is 321 g/mol. The fourth-order valence-corrected chi connectivity index (χ4v) is 3.89. The smallest absolute Gasteiger partial charge is 0.0798 e. The molecule has 1 aliphatic heterocycles. The summed E-state index contributed by atoms with van der Waals surface area (Å²) in [5, 5.41) is 12.0. The van der Waals surface area contributed by atoms with Crippen LogP contribution in [0.5, 0.6) is 0 Å². The van der Waals surface area contributed by atoms with Gasteiger partial charge in [-0.1, -0.05) is 11.6 Å². The molecule has 4 nitrogen and oxygen atoms in total. The van der Waals surface area contributed by atoms with Gasteiger partial charge in [-0.2, -0.15) is 0 Å². The quantitative estimate of drug-likeness (QED) is 0.776. The number of aromatic nitrogens is 2. The number of nitrogens with one attached hydrogen (secondary N) is 1. The van der Waals surface area contributed by atoms with Crippen molar-refractivity contribution in [1.82, 2.24) is 14.9 Å². The van der Waals surface area contributed by atoms with Gasteiger partial charge in [0.1, 0.15) is 0 Å². The number of aliphatic hydroxyl groups is 1. The minimum Gasteiger partial charge on any atom is -0.388 e. The van der Waals surface area contributed by atoms with Gasteiger partial charge >= 0.3 is 0 Å². The van der Waals surface area contributed by atoms with Crippen molar-refractivity contribution in [3.05, 3.63) is 65.1 Å².